The maximum Gasteiger partial charge on any atom is 0.257 e. The van der Waals surface area contributed by atoms with Gasteiger partial charge < -0.3 is 9.84 Å². The molecular weight excluding hydrogens is 202 g/mol. The van der Waals surface area contributed by atoms with E-state index in [1.807, 2.05) is 24.3 Å². The quantitative estimate of drug-likeness (QED) is 0.855. The molecule has 0 saturated carbocycles. The van der Waals surface area contributed by atoms with Gasteiger partial charge in [0.1, 0.15) is 0 Å². The van der Waals surface area contributed by atoms with Crippen LogP contribution in [0.15, 0.2) is 35.1 Å². The summed E-state index contributed by atoms with van der Waals surface area (Å²) in [6, 6.07) is 8.46. The molecular formula is C12H15N3O. The fourth-order valence-electron chi connectivity index (χ4n) is 1.40. The van der Waals surface area contributed by atoms with Gasteiger partial charge in [-0.05, 0) is 37.6 Å². The van der Waals surface area contributed by atoms with Gasteiger partial charge in [0, 0.05) is 17.3 Å². The van der Waals surface area contributed by atoms with Gasteiger partial charge in [0.05, 0.1) is 0 Å². The van der Waals surface area contributed by atoms with Crippen molar-refractivity contribution in [2.75, 3.05) is 5.32 Å². The molecule has 0 bridgehead atoms. The Labute approximate surface area is 94.7 Å². The van der Waals surface area contributed by atoms with E-state index < -0.39 is 0 Å². The number of hydrogen-bond donors (Lipinski definition) is 1. The normalized spacial score (nSPS) is 12.4. The van der Waals surface area contributed by atoms with Crippen LogP contribution in [0.4, 0.5) is 5.69 Å². The molecule has 16 heavy (non-hydrogen) atoms. The Bertz CT molecular complexity index is 422. The van der Waals surface area contributed by atoms with E-state index in [1.165, 1.54) is 6.33 Å². The van der Waals surface area contributed by atoms with Crippen molar-refractivity contribution >= 4 is 5.69 Å². The SMILES string of the molecule is CCC(C)Nc1ccc(-c2ncno2)cc1. The van der Waals surface area contributed by atoms with E-state index in [4.69, 9.17) is 4.52 Å². The monoisotopic (exact) mass is 217 g/mol. The summed E-state index contributed by atoms with van der Waals surface area (Å²) in [5.41, 5.74) is 2.05. The zero-order chi connectivity index (χ0) is 11.4. The molecule has 0 aliphatic carbocycles. The smallest absolute Gasteiger partial charge is 0.257 e. The molecule has 0 aliphatic rings. The van der Waals surface area contributed by atoms with E-state index >= 15 is 0 Å². The Balaban J connectivity index is 2.11. The van der Waals surface area contributed by atoms with E-state index in [0.717, 1.165) is 17.7 Å². The summed E-state index contributed by atoms with van der Waals surface area (Å²) in [5.74, 6) is 0.551. The van der Waals surface area contributed by atoms with E-state index in [1.54, 1.807) is 0 Å². The molecule has 2 rings (SSSR count). The molecule has 0 aliphatic heterocycles. The summed E-state index contributed by atoms with van der Waals surface area (Å²) in [6.07, 6.45) is 2.51. The summed E-state index contributed by atoms with van der Waals surface area (Å²) in [4.78, 5) is 4.00. The summed E-state index contributed by atoms with van der Waals surface area (Å²) in [5, 5.41) is 6.98. The Morgan fingerprint density at radius 2 is 2.06 bits per heavy atom. The van der Waals surface area contributed by atoms with Gasteiger partial charge in [-0.3, -0.25) is 0 Å². The van der Waals surface area contributed by atoms with Gasteiger partial charge in [0.25, 0.3) is 5.89 Å². The standard InChI is InChI=1S/C12H15N3O/c1-3-9(2)15-11-6-4-10(5-7-11)12-13-8-14-16-12/h4-9,15H,3H2,1-2H3. The third-order valence-electron chi connectivity index (χ3n) is 2.52. The largest absolute Gasteiger partial charge is 0.383 e. The van der Waals surface area contributed by atoms with Crippen LogP contribution in [0.1, 0.15) is 20.3 Å². The number of rotatable bonds is 4. The van der Waals surface area contributed by atoms with Crippen LogP contribution < -0.4 is 5.32 Å². The molecule has 1 aromatic heterocycles. The summed E-state index contributed by atoms with van der Waals surface area (Å²) in [7, 11) is 0. The maximum absolute atomic E-state index is 4.98. The molecule has 0 spiro atoms. The second-order valence-corrected chi connectivity index (χ2v) is 3.78. The molecule has 1 aromatic carbocycles. The van der Waals surface area contributed by atoms with Crippen molar-refractivity contribution < 1.29 is 4.52 Å². The third kappa shape index (κ3) is 2.39. The molecule has 84 valence electrons. The first-order valence-corrected chi connectivity index (χ1v) is 5.43. The minimum atomic E-state index is 0.481. The predicted octanol–water partition coefficient (Wildman–Crippen LogP) is 2.95. The highest BCUT2D eigenvalue weighted by atomic mass is 16.5. The lowest BCUT2D eigenvalue weighted by Crippen LogP contribution is -2.12. The van der Waals surface area contributed by atoms with Gasteiger partial charge in [0.15, 0.2) is 6.33 Å². The number of anilines is 1. The topological polar surface area (TPSA) is 51.0 Å². The van der Waals surface area contributed by atoms with E-state index in [2.05, 4.69) is 29.3 Å². The average Bonchev–Trinajstić information content (AvgIpc) is 2.83. The molecule has 0 saturated heterocycles. The molecule has 0 fully saturated rings. The van der Waals surface area contributed by atoms with E-state index in [-0.39, 0.29) is 0 Å². The van der Waals surface area contributed by atoms with Gasteiger partial charge in [-0.25, -0.2) is 0 Å². The molecule has 2 aromatic rings. The summed E-state index contributed by atoms with van der Waals surface area (Å²) in [6.45, 7) is 4.32. The summed E-state index contributed by atoms with van der Waals surface area (Å²) >= 11 is 0. The van der Waals surface area contributed by atoms with Crippen LogP contribution in [-0.4, -0.2) is 16.2 Å². The van der Waals surface area contributed by atoms with Gasteiger partial charge >= 0.3 is 0 Å². The molecule has 1 heterocycles. The highest BCUT2D eigenvalue weighted by molar-refractivity contribution is 5.58. The second kappa shape index (κ2) is 4.79. The Morgan fingerprint density at radius 3 is 2.62 bits per heavy atom. The number of benzene rings is 1. The van der Waals surface area contributed by atoms with Crippen molar-refractivity contribution in [2.24, 2.45) is 0 Å². The maximum atomic E-state index is 4.98. The molecule has 0 amide bonds. The Morgan fingerprint density at radius 1 is 1.31 bits per heavy atom. The fourth-order valence-corrected chi connectivity index (χ4v) is 1.40. The van der Waals surface area contributed by atoms with Crippen LogP contribution in [0.3, 0.4) is 0 Å². The first-order valence-electron chi connectivity index (χ1n) is 5.43. The highest BCUT2D eigenvalue weighted by Crippen LogP contribution is 2.19. The van der Waals surface area contributed by atoms with Crippen molar-refractivity contribution in [1.29, 1.82) is 0 Å². The minimum Gasteiger partial charge on any atom is -0.383 e. The van der Waals surface area contributed by atoms with Crippen LogP contribution in [0.25, 0.3) is 11.5 Å². The van der Waals surface area contributed by atoms with Gasteiger partial charge in [-0.2, -0.15) is 4.98 Å². The number of nitrogens with zero attached hydrogens (tertiary/aromatic N) is 2. The van der Waals surface area contributed by atoms with E-state index in [9.17, 15) is 0 Å². The zero-order valence-corrected chi connectivity index (χ0v) is 9.47. The van der Waals surface area contributed by atoms with Gasteiger partial charge in [-0.1, -0.05) is 12.1 Å². The lowest BCUT2D eigenvalue weighted by atomic mass is 10.2. The molecule has 1 atom stereocenters. The van der Waals surface area contributed by atoms with Crippen LogP contribution >= 0.6 is 0 Å². The van der Waals surface area contributed by atoms with Crippen molar-refractivity contribution in [2.45, 2.75) is 26.3 Å². The minimum absolute atomic E-state index is 0.481. The first kappa shape index (κ1) is 10.7. The van der Waals surface area contributed by atoms with E-state index in [0.29, 0.717) is 11.9 Å². The molecule has 4 nitrogen and oxygen atoms in total. The number of hydrogen-bond acceptors (Lipinski definition) is 4. The van der Waals surface area contributed by atoms with Gasteiger partial charge in [-0.15, -0.1) is 0 Å². The van der Waals surface area contributed by atoms with Crippen molar-refractivity contribution in [3.63, 3.8) is 0 Å². The zero-order valence-electron chi connectivity index (χ0n) is 9.47. The lowest BCUT2D eigenvalue weighted by molar-refractivity contribution is 0.430. The van der Waals surface area contributed by atoms with Crippen molar-refractivity contribution in [1.82, 2.24) is 10.1 Å². The van der Waals surface area contributed by atoms with Crippen molar-refractivity contribution in [3.8, 4) is 11.5 Å². The van der Waals surface area contributed by atoms with Gasteiger partial charge in [0.2, 0.25) is 0 Å². The van der Waals surface area contributed by atoms with Crippen LogP contribution in [0, 0.1) is 0 Å². The number of nitrogens with one attached hydrogen (secondary N) is 1. The highest BCUT2D eigenvalue weighted by Gasteiger charge is 2.03. The Kier molecular flexibility index (Phi) is 3.19. The molecule has 4 heteroatoms. The third-order valence-corrected chi connectivity index (χ3v) is 2.52. The van der Waals surface area contributed by atoms with Crippen molar-refractivity contribution in [3.05, 3.63) is 30.6 Å². The Hall–Kier alpha value is -1.84. The molecule has 1 N–H and O–H groups in total. The summed E-state index contributed by atoms with van der Waals surface area (Å²) < 4.78 is 4.98. The molecule has 1 unspecified atom stereocenters. The lowest BCUT2D eigenvalue weighted by Gasteiger charge is -2.12. The fraction of sp³-hybridized carbons (Fsp3) is 0.333. The predicted molar refractivity (Wildman–Crippen MR) is 63.1 cm³/mol. The average molecular weight is 217 g/mol. The number of aromatic nitrogens is 2. The van der Waals surface area contributed by atoms with Crippen LogP contribution in [0.2, 0.25) is 0 Å². The second-order valence-electron chi connectivity index (χ2n) is 3.78. The first-order chi connectivity index (χ1) is 7.79. The van der Waals surface area contributed by atoms with Crippen LogP contribution in [-0.2, 0) is 0 Å². The molecule has 0 radical (unpaired) electrons. The van der Waals surface area contributed by atoms with Crippen LogP contribution in [0.5, 0.6) is 0 Å².